The van der Waals surface area contributed by atoms with Crippen molar-refractivity contribution in [2.45, 2.75) is 18.4 Å². The third kappa shape index (κ3) is 2.77. The molecule has 0 heterocycles. The summed E-state index contributed by atoms with van der Waals surface area (Å²) in [6.45, 7) is 0. The molecule has 2 aromatic rings. The van der Waals surface area contributed by atoms with Crippen molar-refractivity contribution in [3.05, 3.63) is 81.9 Å². The molecule has 6 nitrogen and oxygen atoms in total. The van der Waals surface area contributed by atoms with E-state index in [1.807, 2.05) is 24.3 Å². The number of carbonyl (C=O) groups is 1. The SMILES string of the molecule is COc1ccc(C2(OC(=O)c3ccc([N+](=O)[O-])cc3)[C@@H]3C=C[C@H]2CC3)cc1. The minimum atomic E-state index is -0.731. The van der Waals surface area contributed by atoms with Crippen molar-refractivity contribution < 1.29 is 19.2 Å². The number of non-ortho nitro benzene ring substituents is 1. The molecule has 4 rings (SSSR count). The van der Waals surface area contributed by atoms with Crippen LogP contribution in [0, 0.1) is 22.0 Å². The number of carbonyl (C=O) groups excluding carboxylic acids is 1. The van der Waals surface area contributed by atoms with Gasteiger partial charge in [-0.25, -0.2) is 4.79 Å². The summed E-state index contributed by atoms with van der Waals surface area (Å²) in [6.07, 6.45) is 6.17. The van der Waals surface area contributed by atoms with E-state index >= 15 is 0 Å². The van der Waals surface area contributed by atoms with Crippen molar-refractivity contribution in [2.75, 3.05) is 7.11 Å². The fourth-order valence-electron chi connectivity index (χ4n) is 4.23. The second-order valence-corrected chi connectivity index (χ2v) is 6.89. The van der Waals surface area contributed by atoms with E-state index in [0.717, 1.165) is 24.2 Å². The number of benzene rings is 2. The Kier molecular flexibility index (Phi) is 4.18. The van der Waals surface area contributed by atoms with E-state index in [-0.39, 0.29) is 17.5 Å². The van der Waals surface area contributed by atoms with Gasteiger partial charge in [0.15, 0.2) is 0 Å². The van der Waals surface area contributed by atoms with Gasteiger partial charge in [0, 0.05) is 24.0 Å². The van der Waals surface area contributed by atoms with Crippen LogP contribution >= 0.6 is 0 Å². The fourth-order valence-corrected chi connectivity index (χ4v) is 4.23. The quantitative estimate of drug-likeness (QED) is 0.342. The molecule has 0 amide bonds. The Morgan fingerprint density at radius 1 is 1.04 bits per heavy atom. The van der Waals surface area contributed by atoms with Crippen molar-refractivity contribution in [2.24, 2.45) is 11.8 Å². The maximum Gasteiger partial charge on any atom is 0.339 e. The van der Waals surface area contributed by atoms with Gasteiger partial charge in [-0.3, -0.25) is 10.1 Å². The predicted molar refractivity (Wildman–Crippen MR) is 98.5 cm³/mol. The maximum absolute atomic E-state index is 12.9. The molecule has 3 atom stereocenters. The molecule has 0 saturated heterocycles. The lowest BCUT2D eigenvalue weighted by atomic mass is 9.82. The second-order valence-electron chi connectivity index (χ2n) is 6.89. The summed E-state index contributed by atoms with van der Waals surface area (Å²) in [4.78, 5) is 23.2. The summed E-state index contributed by atoms with van der Waals surface area (Å²) in [5.41, 5.74) is 0.459. The minimum absolute atomic E-state index is 0.0565. The predicted octanol–water partition coefficient (Wildman–Crippen LogP) is 4.25. The Bertz CT molecular complexity index is 887. The first-order chi connectivity index (χ1) is 13.0. The number of hydrogen-bond donors (Lipinski definition) is 0. The summed E-state index contributed by atoms with van der Waals surface area (Å²) in [5.74, 6) is 0.519. The van der Waals surface area contributed by atoms with Crippen LogP contribution in [-0.2, 0) is 10.3 Å². The van der Waals surface area contributed by atoms with Crippen molar-refractivity contribution in [1.29, 1.82) is 0 Å². The highest BCUT2D eigenvalue weighted by molar-refractivity contribution is 5.90. The van der Waals surface area contributed by atoms with Crippen LogP contribution in [0.1, 0.15) is 28.8 Å². The van der Waals surface area contributed by atoms with Crippen LogP contribution in [0.2, 0.25) is 0 Å². The van der Waals surface area contributed by atoms with Gasteiger partial charge in [-0.2, -0.15) is 0 Å². The molecular weight excluding hydrogens is 346 g/mol. The van der Waals surface area contributed by atoms with E-state index in [1.54, 1.807) is 7.11 Å². The Hall–Kier alpha value is -3.15. The first-order valence-electron chi connectivity index (χ1n) is 8.85. The van der Waals surface area contributed by atoms with Gasteiger partial charge < -0.3 is 9.47 Å². The van der Waals surface area contributed by atoms with Gasteiger partial charge in [-0.1, -0.05) is 24.3 Å². The fraction of sp³-hybridized carbons (Fsp3) is 0.286. The van der Waals surface area contributed by atoms with Gasteiger partial charge >= 0.3 is 5.97 Å². The van der Waals surface area contributed by atoms with Crippen molar-refractivity contribution in [3.8, 4) is 5.75 Å². The lowest BCUT2D eigenvalue weighted by Crippen LogP contribution is -2.38. The molecule has 1 fully saturated rings. The zero-order valence-electron chi connectivity index (χ0n) is 14.8. The van der Waals surface area contributed by atoms with Gasteiger partial charge in [-0.15, -0.1) is 0 Å². The van der Waals surface area contributed by atoms with Crippen molar-refractivity contribution in [3.63, 3.8) is 0 Å². The molecule has 2 aliphatic rings. The molecule has 2 aromatic carbocycles. The van der Waals surface area contributed by atoms with Gasteiger partial charge in [0.25, 0.3) is 5.69 Å². The van der Waals surface area contributed by atoms with Crippen LogP contribution in [0.5, 0.6) is 5.75 Å². The van der Waals surface area contributed by atoms with E-state index in [9.17, 15) is 14.9 Å². The average Bonchev–Trinajstić information content (AvgIpc) is 3.23. The van der Waals surface area contributed by atoms with Crippen LogP contribution in [0.3, 0.4) is 0 Å². The Morgan fingerprint density at radius 3 is 2.11 bits per heavy atom. The number of nitro groups is 1. The summed E-state index contributed by atoms with van der Waals surface area (Å²) >= 11 is 0. The normalized spacial score (nSPS) is 25.4. The molecule has 0 N–H and O–H groups in total. The van der Waals surface area contributed by atoms with Gasteiger partial charge in [0.1, 0.15) is 11.4 Å². The van der Waals surface area contributed by atoms with Crippen molar-refractivity contribution in [1.82, 2.24) is 0 Å². The largest absolute Gasteiger partial charge is 0.497 e. The molecule has 0 spiro atoms. The first kappa shape index (κ1) is 17.3. The number of hydrogen-bond acceptors (Lipinski definition) is 5. The Morgan fingerprint density at radius 2 is 1.63 bits per heavy atom. The Labute approximate surface area is 156 Å². The van der Waals surface area contributed by atoms with Gasteiger partial charge in [0.05, 0.1) is 17.6 Å². The van der Waals surface area contributed by atoms with Crippen LogP contribution in [0.25, 0.3) is 0 Å². The molecule has 138 valence electrons. The number of ether oxygens (including phenoxy) is 2. The molecular formula is C21H19NO5. The van der Waals surface area contributed by atoms with Crippen LogP contribution in [0.4, 0.5) is 5.69 Å². The monoisotopic (exact) mass is 365 g/mol. The molecule has 27 heavy (non-hydrogen) atoms. The third-order valence-corrected chi connectivity index (χ3v) is 5.58. The molecule has 0 aromatic heterocycles. The molecule has 0 aliphatic heterocycles. The standard InChI is InChI=1S/C21H19NO5/c1-26-19-12-8-17(9-13-19)21(15-4-5-16(21)7-6-15)27-20(23)14-2-10-18(11-3-14)22(24)25/h2-5,8-13,15-16H,6-7H2,1H3/t15-,16+,21?. The van der Waals surface area contributed by atoms with Gasteiger partial charge in [0.2, 0.25) is 0 Å². The number of nitro benzene ring substituents is 1. The lowest BCUT2D eigenvalue weighted by Gasteiger charge is -2.35. The highest BCUT2D eigenvalue weighted by Crippen LogP contribution is 2.56. The third-order valence-electron chi connectivity index (χ3n) is 5.58. The molecule has 1 saturated carbocycles. The molecule has 2 aliphatic carbocycles. The van der Waals surface area contributed by atoms with Crippen LogP contribution in [-0.4, -0.2) is 18.0 Å². The zero-order chi connectivity index (χ0) is 19.0. The zero-order valence-corrected chi connectivity index (χ0v) is 14.8. The summed E-state index contributed by atoms with van der Waals surface area (Å²) in [7, 11) is 1.61. The molecule has 6 heteroatoms. The molecule has 2 bridgehead atoms. The summed E-state index contributed by atoms with van der Waals surface area (Å²) < 4.78 is 11.4. The smallest absolute Gasteiger partial charge is 0.339 e. The highest BCUT2D eigenvalue weighted by Gasteiger charge is 2.55. The maximum atomic E-state index is 12.9. The number of fused-ring (bicyclic) bond motifs is 2. The minimum Gasteiger partial charge on any atom is -0.497 e. The van der Waals surface area contributed by atoms with Crippen LogP contribution < -0.4 is 4.74 Å². The lowest BCUT2D eigenvalue weighted by molar-refractivity contribution is -0.384. The first-order valence-corrected chi connectivity index (χ1v) is 8.85. The van der Waals surface area contributed by atoms with E-state index in [0.29, 0.717) is 5.56 Å². The van der Waals surface area contributed by atoms with E-state index < -0.39 is 16.5 Å². The summed E-state index contributed by atoms with van der Waals surface area (Å²) in [5, 5.41) is 10.8. The number of rotatable bonds is 5. The second kappa shape index (κ2) is 6.54. The van der Waals surface area contributed by atoms with E-state index in [1.165, 1.54) is 24.3 Å². The number of nitrogens with zero attached hydrogens (tertiary/aromatic N) is 1. The number of methoxy groups -OCH3 is 1. The van der Waals surface area contributed by atoms with Crippen LogP contribution in [0.15, 0.2) is 60.7 Å². The summed E-state index contributed by atoms with van der Waals surface area (Å²) in [6, 6.07) is 13.1. The van der Waals surface area contributed by atoms with Crippen molar-refractivity contribution >= 4 is 11.7 Å². The molecule has 1 unspecified atom stereocenters. The molecule has 0 radical (unpaired) electrons. The van der Waals surface area contributed by atoms with E-state index in [2.05, 4.69) is 12.2 Å². The van der Waals surface area contributed by atoms with E-state index in [4.69, 9.17) is 9.47 Å². The Balaban J connectivity index is 1.66. The number of esters is 1. The topological polar surface area (TPSA) is 78.7 Å². The average molecular weight is 365 g/mol. The van der Waals surface area contributed by atoms with Gasteiger partial charge in [-0.05, 0) is 42.7 Å². The highest BCUT2D eigenvalue weighted by atomic mass is 16.6.